The van der Waals surface area contributed by atoms with Gasteiger partial charge in [-0.2, -0.15) is 0 Å². The summed E-state index contributed by atoms with van der Waals surface area (Å²) < 4.78 is 5.67. The summed E-state index contributed by atoms with van der Waals surface area (Å²) in [5.74, 6) is 1.05. The van der Waals surface area contributed by atoms with Gasteiger partial charge in [-0.1, -0.05) is 60.9 Å². The molecule has 0 aromatic heterocycles. The third-order valence-electron chi connectivity index (χ3n) is 7.01. The first-order valence-electron chi connectivity index (χ1n) is 11.7. The maximum Gasteiger partial charge on any atom is 0.122 e. The highest BCUT2D eigenvalue weighted by Crippen LogP contribution is 2.34. The van der Waals surface area contributed by atoms with Gasteiger partial charge in [-0.25, -0.2) is 0 Å². The molecular weight excluding hydrogens is 404 g/mol. The Bertz CT molecular complexity index is 924. The minimum atomic E-state index is 0.260. The van der Waals surface area contributed by atoms with E-state index in [9.17, 15) is 0 Å². The van der Waals surface area contributed by atoms with E-state index in [2.05, 4.69) is 54.4 Å². The van der Waals surface area contributed by atoms with Crippen molar-refractivity contribution in [3.05, 3.63) is 75.4 Å². The van der Waals surface area contributed by atoms with Gasteiger partial charge >= 0.3 is 0 Å². The van der Waals surface area contributed by atoms with Gasteiger partial charge in [0.05, 0.1) is 13.2 Å². The summed E-state index contributed by atoms with van der Waals surface area (Å²) >= 11 is 6.56. The van der Waals surface area contributed by atoms with Gasteiger partial charge in [-0.05, 0) is 67.9 Å². The highest BCUT2D eigenvalue weighted by molar-refractivity contribution is 6.31. The molecule has 4 rings (SSSR count). The zero-order chi connectivity index (χ0) is 21.8. The fourth-order valence-electron chi connectivity index (χ4n) is 5.16. The molecule has 2 atom stereocenters. The van der Waals surface area contributed by atoms with Crippen LogP contribution in [0.2, 0.25) is 5.02 Å². The lowest BCUT2D eigenvalue weighted by Gasteiger charge is -2.40. The van der Waals surface area contributed by atoms with Gasteiger partial charge < -0.3 is 10.1 Å². The summed E-state index contributed by atoms with van der Waals surface area (Å²) in [5.41, 5.74) is 6.94. The quantitative estimate of drug-likeness (QED) is 0.547. The number of ether oxygens (including phenoxy) is 1. The summed E-state index contributed by atoms with van der Waals surface area (Å²) in [6.45, 7) is 6.66. The number of aryl methyl sites for hydroxylation is 1. The molecular formula is C27H35ClN2O. The number of halogens is 1. The lowest BCUT2D eigenvalue weighted by atomic mass is 9.86. The smallest absolute Gasteiger partial charge is 0.122 e. The highest BCUT2D eigenvalue weighted by Gasteiger charge is 2.29. The molecule has 31 heavy (non-hydrogen) atoms. The third-order valence-corrected chi connectivity index (χ3v) is 7.35. The topological polar surface area (TPSA) is 24.5 Å². The van der Waals surface area contributed by atoms with Gasteiger partial charge in [0.2, 0.25) is 0 Å². The Labute approximate surface area is 192 Å². The Hall–Kier alpha value is -1.97. The molecule has 1 aliphatic heterocycles. The number of hydrogen-bond acceptors (Lipinski definition) is 3. The molecule has 0 saturated heterocycles. The first-order chi connectivity index (χ1) is 15.1. The minimum Gasteiger partial charge on any atom is -0.496 e. The van der Waals surface area contributed by atoms with E-state index in [1.54, 1.807) is 7.11 Å². The summed E-state index contributed by atoms with van der Waals surface area (Å²) in [6, 6.07) is 15.6. The van der Waals surface area contributed by atoms with Crippen LogP contribution in [0.15, 0.2) is 53.7 Å². The molecule has 0 spiro atoms. The highest BCUT2D eigenvalue weighted by atomic mass is 35.5. The lowest BCUT2D eigenvalue weighted by molar-refractivity contribution is 0.180. The molecule has 2 aromatic carbocycles. The molecule has 1 heterocycles. The second-order valence-corrected chi connectivity index (χ2v) is 9.39. The van der Waals surface area contributed by atoms with Crippen LogP contribution in [-0.4, -0.2) is 31.1 Å². The molecule has 0 saturated carbocycles. The van der Waals surface area contributed by atoms with Gasteiger partial charge in [0, 0.05) is 29.9 Å². The average molecular weight is 439 g/mol. The Morgan fingerprint density at radius 1 is 1.16 bits per heavy atom. The van der Waals surface area contributed by atoms with E-state index < -0.39 is 0 Å². The van der Waals surface area contributed by atoms with Crippen molar-refractivity contribution in [1.82, 2.24) is 10.2 Å². The fourth-order valence-corrected chi connectivity index (χ4v) is 5.43. The standard InChI is InChI=1S/C27H35ClN2O/c1-4-8-25(22-10-5-6-11-24(22)28)29-26-18-30(16-15-19(26)2)21-14-13-20-9-7-12-27(31-3)23(20)17-21/h5-7,9-12,21,25,29H,4,8,13-18H2,1-3H3. The molecule has 0 radical (unpaired) electrons. The van der Waals surface area contributed by atoms with Crippen LogP contribution in [0.1, 0.15) is 62.3 Å². The molecule has 2 aromatic rings. The largest absolute Gasteiger partial charge is 0.496 e. The molecule has 166 valence electrons. The van der Waals surface area contributed by atoms with Crippen molar-refractivity contribution in [2.45, 2.75) is 64.5 Å². The molecule has 2 unspecified atom stereocenters. The van der Waals surface area contributed by atoms with Crippen molar-refractivity contribution in [3.8, 4) is 5.75 Å². The van der Waals surface area contributed by atoms with Crippen LogP contribution in [0.25, 0.3) is 0 Å². The van der Waals surface area contributed by atoms with Crippen LogP contribution in [0.4, 0.5) is 0 Å². The number of methoxy groups -OCH3 is 1. The number of fused-ring (bicyclic) bond motifs is 1. The van der Waals surface area contributed by atoms with Crippen molar-refractivity contribution in [2.75, 3.05) is 20.2 Å². The average Bonchev–Trinajstić information content (AvgIpc) is 2.79. The van der Waals surface area contributed by atoms with Crippen LogP contribution in [0, 0.1) is 0 Å². The monoisotopic (exact) mass is 438 g/mol. The summed E-state index contributed by atoms with van der Waals surface area (Å²) in [5, 5.41) is 4.76. The zero-order valence-corrected chi connectivity index (χ0v) is 19.8. The summed E-state index contributed by atoms with van der Waals surface area (Å²) in [7, 11) is 1.79. The van der Waals surface area contributed by atoms with E-state index in [-0.39, 0.29) is 6.04 Å². The van der Waals surface area contributed by atoms with E-state index in [0.717, 1.165) is 56.0 Å². The predicted molar refractivity (Wildman–Crippen MR) is 130 cm³/mol. The molecule has 1 aliphatic carbocycles. The van der Waals surface area contributed by atoms with Crippen molar-refractivity contribution in [1.29, 1.82) is 0 Å². The minimum absolute atomic E-state index is 0.260. The zero-order valence-electron chi connectivity index (χ0n) is 19.1. The summed E-state index contributed by atoms with van der Waals surface area (Å²) in [4.78, 5) is 2.68. The molecule has 4 heteroatoms. The number of rotatable bonds is 7. The number of nitrogens with zero attached hydrogens (tertiary/aromatic N) is 1. The van der Waals surface area contributed by atoms with E-state index in [0.29, 0.717) is 6.04 Å². The molecule has 0 bridgehead atoms. The fraction of sp³-hybridized carbons (Fsp3) is 0.481. The lowest BCUT2D eigenvalue weighted by Crippen LogP contribution is -2.45. The van der Waals surface area contributed by atoms with E-state index >= 15 is 0 Å². The maximum absolute atomic E-state index is 6.56. The Balaban J connectivity index is 1.50. The normalized spacial score (nSPS) is 20.3. The Morgan fingerprint density at radius 2 is 2.00 bits per heavy atom. The van der Waals surface area contributed by atoms with Crippen LogP contribution < -0.4 is 10.1 Å². The molecule has 3 nitrogen and oxygen atoms in total. The van der Waals surface area contributed by atoms with E-state index in [4.69, 9.17) is 16.3 Å². The van der Waals surface area contributed by atoms with Gasteiger partial charge in [-0.3, -0.25) is 4.90 Å². The van der Waals surface area contributed by atoms with Crippen LogP contribution in [0.3, 0.4) is 0 Å². The van der Waals surface area contributed by atoms with Crippen LogP contribution >= 0.6 is 11.6 Å². The van der Waals surface area contributed by atoms with E-state index in [1.807, 2.05) is 12.1 Å². The Kier molecular flexibility index (Phi) is 7.24. The first-order valence-corrected chi connectivity index (χ1v) is 12.1. The van der Waals surface area contributed by atoms with Crippen molar-refractivity contribution < 1.29 is 4.74 Å². The van der Waals surface area contributed by atoms with Crippen molar-refractivity contribution in [3.63, 3.8) is 0 Å². The molecule has 2 aliphatic rings. The molecule has 1 N–H and O–H groups in total. The maximum atomic E-state index is 6.56. The number of nitrogens with one attached hydrogen (secondary N) is 1. The molecule has 0 amide bonds. The van der Waals surface area contributed by atoms with E-state index in [1.165, 1.54) is 34.4 Å². The predicted octanol–water partition coefficient (Wildman–Crippen LogP) is 6.32. The number of benzene rings is 2. The Morgan fingerprint density at radius 3 is 2.77 bits per heavy atom. The van der Waals surface area contributed by atoms with Crippen molar-refractivity contribution >= 4 is 11.6 Å². The van der Waals surface area contributed by atoms with Gasteiger partial charge in [-0.15, -0.1) is 0 Å². The second kappa shape index (κ2) is 10.1. The van der Waals surface area contributed by atoms with Crippen LogP contribution in [0.5, 0.6) is 5.75 Å². The first kappa shape index (κ1) is 22.2. The second-order valence-electron chi connectivity index (χ2n) is 8.98. The number of hydrogen-bond donors (Lipinski definition) is 1. The van der Waals surface area contributed by atoms with Gasteiger partial charge in [0.25, 0.3) is 0 Å². The third kappa shape index (κ3) is 4.94. The van der Waals surface area contributed by atoms with Gasteiger partial charge in [0.15, 0.2) is 0 Å². The van der Waals surface area contributed by atoms with Crippen LogP contribution in [-0.2, 0) is 12.8 Å². The van der Waals surface area contributed by atoms with Crippen molar-refractivity contribution in [2.24, 2.45) is 0 Å². The molecule has 0 fully saturated rings. The SMILES string of the molecule is CCCC(NC1=C(C)CCN(C2CCc3cccc(OC)c3C2)C1)c1ccccc1Cl. The summed E-state index contributed by atoms with van der Waals surface area (Å²) in [6.07, 6.45) is 6.76. The van der Waals surface area contributed by atoms with Gasteiger partial charge in [0.1, 0.15) is 5.75 Å².